The number of carbonyl (C=O) groups excluding carboxylic acids is 2. The van der Waals surface area contributed by atoms with Gasteiger partial charge in [-0.1, -0.05) is 18.6 Å². The molecule has 0 saturated carbocycles. The number of rotatable bonds is 4. The molecule has 4 nitrogen and oxygen atoms in total. The lowest BCUT2D eigenvalue weighted by atomic mass is 9.87. The van der Waals surface area contributed by atoms with Gasteiger partial charge in [-0.2, -0.15) is 0 Å². The highest BCUT2D eigenvalue weighted by molar-refractivity contribution is 5.95. The second-order valence-electron chi connectivity index (χ2n) is 3.98. The van der Waals surface area contributed by atoms with Crippen LogP contribution in [0.3, 0.4) is 0 Å². The van der Waals surface area contributed by atoms with Crippen molar-refractivity contribution in [2.24, 2.45) is 11.8 Å². The van der Waals surface area contributed by atoms with Crippen molar-refractivity contribution in [1.29, 1.82) is 0 Å². The first-order valence-corrected chi connectivity index (χ1v) is 5.46. The minimum absolute atomic E-state index is 0.137. The SMILES string of the molecule is COC(=O)C(C(=O)OC)[C@H](C)C1=CCCC1. The summed E-state index contributed by atoms with van der Waals surface area (Å²) in [6.07, 6.45) is 5.17. The van der Waals surface area contributed by atoms with Gasteiger partial charge in [-0.3, -0.25) is 9.59 Å². The lowest BCUT2D eigenvalue weighted by molar-refractivity contribution is -0.160. The van der Waals surface area contributed by atoms with Gasteiger partial charge < -0.3 is 9.47 Å². The molecule has 0 heterocycles. The van der Waals surface area contributed by atoms with Crippen LogP contribution in [-0.4, -0.2) is 26.2 Å². The molecule has 90 valence electrons. The maximum absolute atomic E-state index is 11.6. The molecule has 1 aliphatic carbocycles. The van der Waals surface area contributed by atoms with E-state index in [1.54, 1.807) is 0 Å². The van der Waals surface area contributed by atoms with E-state index in [9.17, 15) is 9.59 Å². The molecule has 0 aromatic carbocycles. The Bertz CT molecular complexity index is 290. The second-order valence-corrected chi connectivity index (χ2v) is 3.98. The van der Waals surface area contributed by atoms with Gasteiger partial charge in [-0.25, -0.2) is 0 Å². The molecule has 0 aromatic heterocycles. The topological polar surface area (TPSA) is 52.6 Å². The van der Waals surface area contributed by atoms with Gasteiger partial charge in [0.05, 0.1) is 14.2 Å². The molecule has 0 spiro atoms. The predicted molar refractivity (Wildman–Crippen MR) is 58.6 cm³/mol. The van der Waals surface area contributed by atoms with E-state index in [0.29, 0.717) is 0 Å². The Morgan fingerprint density at radius 1 is 1.25 bits per heavy atom. The first kappa shape index (κ1) is 12.7. The number of esters is 2. The van der Waals surface area contributed by atoms with E-state index in [2.05, 4.69) is 15.5 Å². The Morgan fingerprint density at radius 3 is 2.19 bits per heavy atom. The Balaban J connectivity index is 2.83. The van der Waals surface area contributed by atoms with Crippen molar-refractivity contribution in [1.82, 2.24) is 0 Å². The number of ether oxygens (including phenoxy) is 2. The molecule has 1 rings (SSSR count). The number of carbonyl (C=O) groups is 2. The molecule has 0 radical (unpaired) electrons. The first-order valence-electron chi connectivity index (χ1n) is 5.46. The quantitative estimate of drug-likeness (QED) is 0.416. The van der Waals surface area contributed by atoms with Gasteiger partial charge >= 0.3 is 11.9 Å². The van der Waals surface area contributed by atoms with Crippen LogP contribution in [0.2, 0.25) is 0 Å². The maximum atomic E-state index is 11.6. The molecule has 0 aromatic rings. The van der Waals surface area contributed by atoms with Gasteiger partial charge in [0, 0.05) is 5.92 Å². The molecule has 0 saturated heterocycles. The van der Waals surface area contributed by atoms with Crippen molar-refractivity contribution in [3.8, 4) is 0 Å². The fourth-order valence-electron chi connectivity index (χ4n) is 2.08. The summed E-state index contributed by atoms with van der Waals surface area (Å²) in [5, 5.41) is 0. The third kappa shape index (κ3) is 2.62. The molecule has 0 unspecified atom stereocenters. The van der Waals surface area contributed by atoms with Gasteiger partial charge in [-0.05, 0) is 19.3 Å². The monoisotopic (exact) mass is 226 g/mol. The fourth-order valence-corrected chi connectivity index (χ4v) is 2.08. The van der Waals surface area contributed by atoms with E-state index >= 15 is 0 Å². The van der Waals surface area contributed by atoms with Gasteiger partial charge in [0.1, 0.15) is 0 Å². The van der Waals surface area contributed by atoms with Gasteiger partial charge in [0.15, 0.2) is 5.92 Å². The van der Waals surface area contributed by atoms with Crippen LogP contribution < -0.4 is 0 Å². The third-order valence-corrected chi connectivity index (χ3v) is 3.07. The average Bonchev–Trinajstić information content (AvgIpc) is 2.81. The minimum Gasteiger partial charge on any atom is -0.468 e. The zero-order valence-corrected chi connectivity index (χ0v) is 9.99. The zero-order chi connectivity index (χ0) is 12.1. The summed E-state index contributed by atoms with van der Waals surface area (Å²) in [4.78, 5) is 23.1. The molecule has 16 heavy (non-hydrogen) atoms. The minimum atomic E-state index is -0.834. The van der Waals surface area contributed by atoms with Crippen molar-refractivity contribution in [3.05, 3.63) is 11.6 Å². The Labute approximate surface area is 95.6 Å². The summed E-state index contributed by atoms with van der Waals surface area (Å²) in [5.74, 6) is -2.01. The van der Waals surface area contributed by atoms with Gasteiger partial charge in [0.2, 0.25) is 0 Å². The van der Waals surface area contributed by atoms with Crippen LogP contribution in [0.1, 0.15) is 26.2 Å². The summed E-state index contributed by atoms with van der Waals surface area (Å²) >= 11 is 0. The third-order valence-electron chi connectivity index (χ3n) is 3.07. The van der Waals surface area contributed by atoms with E-state index in [4.69, 9.17) is 0 Å². The number of allylic oxidation sites excluding steroid dienone is 2. The van der Waals surface area contributed by atoms with Crippen molar-refractivity contribution in [3.63, 3.8) is 0 Å². The van der Waals surface area contributed by atoms with E-state index in [-0.39, 0.29) is 5.92 Å². The summed E-state index contributed by atoms with van der Waals surface area (Å²) in [7, 11) is 2.57. The second kappa shape index (κ2) is 5.68. The molecule has 0 amide bonds. The van der Waals surface area contributed by atoms with Crippen LogP contribution in [0, 0.1) is 11.8 Å². The van der Waals surface area contributed by atoms with Crippen LogP contribution in [0.25, 0.3) is 0 Å². The number of hydrogen-bond donors (Lipinski definition) is 0. The van der Waals surface area contributed by atoms with E-state index < -0.39 is 17.9 Å². The number of methoxy groups -OCH3 is 2. The Morgan fingerprint density at radius 2 is 1.81 bits per heavy atom. The molecule has 0 bridgehead atoms. The highest BCUT2D eigenvalue weighted by Gasteiger charge is 2.36. The highest BCUT2D eigenvalue weighted by atomic mass is 16.5. The van der Waals surface area contributed by atoms with Crippen LogP contribution >= 0.6 is 0 Å². The van der Waals surface area contributed by atoms with Crippen LogP contribution in [-0.2, 0) is 19.1 Å². The fraction of sp³-hybridized carbons (Fsp3) is 0.667. The van der Waals surface area contributed by atoms with Gasteiger partial charge in [0.25, 0.3) is 0 Å². The zero-order valence-electron chi connectivity index (χ0n) is 9.99. The number of hydrogen-bond acceptors (Lipinski definition) is 4. The van der Waals surface area contributed by atoms with Gasteiger partial charge in [-0.15, -0.1) is 0 Å². The van der Waals surface area contributed by atoms with Crippen molar-refractivity contribution in [2.45, 2.75) is 26.2 Å². The lowest BCUT2D eigenvalue weighted by Crippen LogP contribution is -2.32. The summed E-state index contributed by atoms with van der Waals surface area (Å²) in [5.41, 5.74) is 1.15. The van der Waals surface area contributed by atoms with Crippen molar-refractivity contribution in [2.75, 3.05) is 14.2 Å². The molecular weight excluding hydrogens is 208 g/mol. The summed E-state index contributed by atoms with van der Waals surface area (Å²) in [6, 6.07) is 0. The Hall–Kier alpha value is -1.32. The Kier molecular flexibility index (Phi) is 4.52. The molecular formula is C12H18O4. The first-order chi connectivity index (χ1) is 7.61. The summed E-state index contributed by atoms with van der Waals surface area (Å²) in [6.45, 7) is 1.87. The molecule has 1 aliphatic rings. The smallest absolute Gasteiger partial charge is 0.320 e. The molecule has 4 heteroatoms. The van der Waals surface area contributed by atoms with E-state index in [0.717, 1.165) is 24.8 Å². The maximum Gasteiger partial charge on any atom is 0.320 e. The average molecular weight is 226 g/mol. The van der Waals surface area contributed by atoms with E-state index in [1.165, 1.54) is 14.2 Å². The molecule has 0 aliphatic heterocycles. The van der Waals surface area contributed by atoms with Crippen LogP contribution in [0.15, 0.2) is 11.6 Å². The van der Waals surface area contributed by atoms with Crippen LogP contribution in [0.5, 0.6) is 0 Å². The predicted octanol–water partition coefficient (Wildman–Crippen LogP) is 1.69. The largest absolute Gasteiger partial charge is 0.468 e. The molecule has 0 fully saturated rings. The normalized spacial score (nSPS) is 16.9. The van der Waals surface area contributed by atoms with Crippen LogP contribution in [0.4, 0.5) is 0 Å². The summed E-state index contributed by atoms with van der Waals surface area (Å²) < 4.78 is 9.30. The van der Waals surface area contributed by atoms with E-state index in [1.807, 2.05) is 6.92 Å². The highest BCUT2D eigenvalue weighted by Crippen LogP contribution is 2.31. The van der Waals surface area contributed by atoms with Crippen molar-refractivity contribution >= 4 is 11.9 Å². The lowest BCUT2D eigenvalue weighted by Gasteiger charge is -2.20. The molecule has 1 atom stereocenters. The standard InChI is InChI=1S/C12H18O4/c1-8(9-6-4-5-7-9)10(11(13)15-2)12(14)16-3/h6,8,10H,4-5,7H2,1-3H3/t8-/m1/s1. The van der Waals surface area contributed by atoms with Crippen molar-refractivity contribution < 1.29 is 19.1 Å². The molecule has 0 N–H and O–H groups in total.